The molecule has 0 aliphatic heterocycles. The number of ether oxygens (including phenoxy) is 1. The highest BCUT2D eigenvalue weighted by Crippen LogP contribution is 2.03. The molecule has 0 spiro atoms. The van der Waals surface area contributed by atoms with Gasteiger partial charge in [-0.2, -0.15) is 0 Å². The molecule has 0 unspecified atom stereocenters. The molecule has 3 amide bonds. The van der Waals surface area contributed by atoms with Crippen LogP contribution in [0.15, 0.2) is 42.0 Å². The maximum Gasteiger partial charge on any atom is 0.408 e. The van der Waals surface area contributed by atoms with E-state index in [9.17, 15) is 19.5 Å². The lowest BCUT2D eigenvalue weighted by Crippen LogP contribution is -2.56. The van der Waals surface area contributed by atoms with E-state index in [1.807, 2.05) is 19.9 Å². The summed E-state index contributed by atoms with van der Waals surface area (Å²) in [7, 11) is 0. The van der Waals surface area contributed by atoms with E-state index in [0.717, 1.165) is 11.1 Å². The van der Waals surface area contributed by atoms with Gasteiger partial charge in [0.15, 0.2) is 0 Å². The summed E-state index contributed by atoms with van der Waals surface area (Å²) in [6.45, 7) is 5.06. The van der Waals surface area contributed by atoms with Crippen LogP contribution in [0.5, 0.6) is 0 Å². The number of carbonyl (C=O) groups excluding carboxylic acids is 3. The van der Waals surface area contributed by atoms with Gasteiger partial charge >= 0.3 is 6.09 Å². The minimum atomic E-state index is -1.29. The fraction of sp³-hybridized carbons (Fsp3) is 0.421. The molecule has 3 atom stereocenters. The molecule has 148 valence electrons. The van der Waals surface area contributed by atoms with Crippen LogP contribution in [-0.4, -0.2) is 41.2 Å². The van der Waals surface area contributed by atoms with Gasteiger partial charge in [-0.15, -0.1) is 0 Å². The third-order valence-electron chi connectivity index (χ3n) is 3.67. The molecule has 27 heavy (non-hydrogen) atoms. The van der Waals surface area contributed by atoms with E-state index in [1.165, 1.54) is 6.92 Å². The zero-order valence-electron chi connectivity index (χ0n) is 15.8. The molecule has 0 aromatic heterocycles. The minimum absolute atomic E-state index is 0.0192. The third kappa shape index (κ3) is 8.37. The Hall–Kier alpha value is -2.87. The first-order chi connectivity index (χ1) is 12.7. The Morgan fingerprint density at radius 2 is 1.81 bits per heavy atom. The largest absolute Gasteiger partial charge is 0.445 e. The molecule has 1 rings (SSSR count). The zero-order valence-corrected chi connectivity index (χ0v) is 15.8. The monoisotopic (exact) mass is 377 g/mol. The minimum Gasteiger partial charge on any atom is -0.445 e. The number of nitrogens with one attached hydrogen (secondary N) is 2. The number of alkyl carbamates (subject to hydrolysis) is 1. The van der Waals surface area contributed by atoms with Crippen LogP contribution in [0.4, 0.5) is 4.79 Å². The van der Waals surface area contributed by atoms with E-state index in [4.69, 9.17) is 10.5 Å². The second-order valence-electron chi connectivity index (χ2n) is 6.41. The molecular weight excluding hydrogens is 350 g/mol. The lowest BCUT2D eigenvalue weighted by Gasteiger charge is -2.23. The molecule has 0 saturated heterocycles. The number of aliphatic hydroxyl groups is 1. The van der Waals surface area contributed by atoms with Crippen LogP contribution >= 0.6 is 0 Å². The molecule has 8 heteroatoms. The van der Waals surface area contributed by atoms with Crippen molar-refractivity contribution in [3.8, 4) is 0 Å². The summed E-state index contributed by atoms with van der Waals surface area (Å²) in [5, 5.41) is 14.6. The van der Waals surface area contributed by atoms with Gasteiger partial charge in [-0.1, -0.05) is 42.0 Å². The summed E-state index contributed by atoms with van der Waals surface area (Å²) >= 11 is 0. The van der Waals surface area contributed by atoms with Crippen LogP contribution in [0.1, 0.15) is 32.8 Å². The molecule has 0 saturated carbocycles. The SMILES string of the molecule is CC(C)=CC[C@H](NC(=O)[C@@H](NC(=O)OCc1ccccc1)[C@@H](C)O)C(N)=O. The fourth-order valence-corrected chi connectivity index (χ4v) is 2.16. The quantitative estimate of drug-likeness (QED) is 0.477. The van der Waals surface area contributed by atoms with Gasteiger partial charge in [0.2, 0.25) is 11.8 Å². The fourth-order valence-electron chi connectivity index (χ4n) is 2.16. The van der Waals surface area contributed by atoms with E-state index in [0.29, 0.717) is 0 Å². The lowest BCUT2D eigenvalue weighted by atomic mass is 10.1. The summed E-state index contributed by atoms with van der Waals surface area (Å²) in [6.07, 6.45) is -0.0886. The van der Waals surface area contributed by atoms with E-state index in [2.05, 4.69) is 10.6 Å². The Bertz CT molecular complexity index is 669. The Labute approximate surface area is 158 Å². The maximum atomic E-state index is 12.4. The number of rotatable bonds is 9. The maximum absolute atomic E-state index is 12.4. The summed E-state index contributed by atoms with van der Waals surface area (Å²) < 4.78 is 5.05. The number of amides is 3. The molecular formula is C19H27N3O5. The van der Waals surface area contributed by atoms with Crippen molar-refractivity contribution in [2.75, 3.05) is 0 Å². The molecule has 0 bridgehead atoms. The molecule has 0 aliphatic rings. The van der Waals surface area contributed by atoms with Crippen molar-refractivity contribution in [2.24, 2.45) is 5.73 Å². The number of nitrogens with two attached hydrogens (primary N) is 1. The number of hydrogen-bond acceptors (Lipinski definition) is 5. The summed E-state index contributed by atoms with van der Waals surface area (Å²) in [5.74, 6) is -1.44. The molecule has 0 fully saturated rings. The van der Waals surface area contributed by atoms with Crippen molar-refractivity contribution in [3.63, 3.8) is 0 Å². The molecule has 8 nitrogen and oxygen atoms in total. The van der Waals surface area contributed by atoms with Gasteiger partial charge in [-0.05, 0) is 32.8 Å². The van der Waals surface area contributed by atoms with E-state index in [1.54, 1.807) is 30.3 Å². The standard InChI is InChI=1S/C19H27N3O5/c1-12(2)9-10-15(17(20)24)21-18(25)16(13(3)23)22-19(26)27-11-14-7-5-4-6-8-14/h4-9,13,15-16,23H,10-11H2,1-3H3,(H2,20,24)(H,21,25)(H,22,26)/t13-,15+,16+/m1/s1. The molecule has 1 aromatic rings. The highest BCUT2D eigenvalue weighted by Gasteiger charge is 2.29. The normalized spacial score (nSPS) is 13.6. The van der Waals surface area contributed by atoms with Crippen molar-refractivity contribution in [1.29, 1.82) is 0 Å². The van der Waals surface area contributed by atoms with Crippen molar-refractivity contribution in [3.05, 3.63) is 47.5 Å². The van der Waals surface area contributed by atoms with Crippen LogP contribution in [0.25, 0.3) is 0 Å². The molecule has 0 heterocycles. The first kappa shape index (κ1) is 22.2. The van der Waals surface area contributed by atoms with E-state index < -0.39 is 36.1 Å². The number of allylic oxidation sites excluding steroid dienone is 1. The van der Waals surface area contributed by atoms with Gasteiger partial charge in [-0.25, -0.2) is 4.79 Å². The Morgan fingerprint density at radius 1 is 1.19 bits per heavy atom. The topological polar surface area (TPSA) is 131 Å². The van der Waals surface area contributed by atoms with Gasteiger partial charge in [0, 0.05) is 0 Å². The number of carbonyl (C=O) groups is 3. The molecule has 0 aliphatic carbocycles. The summed E-state index contributed by atoms with van der Waals surface area (Å²) in [4.78, 5) is 35.9. The van der Waals surface area contributed by atoms with Crippen LogP contribution in [-0.2, 0) is 20.9 Å². The van der Waals surface area contributed by atoms with E-state index in [-0.39, 0.29) is 13.0 Å². The van der Waals surface area contributed by atoms with Gasteiger partial charge in [-0.3, -0.25) is 9.59 Å². The van der Waals surface area contributed by atoms with Crippen LogP contribution < -0.4 is 16.4 Å². The first-order valence-electron chi connectivity index (χ1n) is 8.59. The second-order valence-corrected chi connectivity index (χ2v) is 6.41. The van der Waals surface area contributed by atoms with Gasteiger partial charge in [0.25, 0.3) is 0 Å². The lowest BCUT2D eigenvalue weighted by molar-refractivity contribution is -0.130. The first-order valence-corrected chi connectivity index (χ1v) is 8.59. The zero-order chi connectivity index (χ0) is 20.4. The number of aliphatic hydroxyl groups excluding tert-OH is 1. The predicted molar refractivity (Wildman–Crippen MR) is 100 cm³/mol. The van der Waals surface area contributed by atoms with Crippen LogP contribution in [0.3, 0.4) is 0 Å². The van der Waals surface area contributed by atoms with Gasteiger partial charge in [0.1, 0.15) is 18.7 Å². The molecule has 5 N–H and O–H groups in total. The predicted octanol–water partition coefficient (Wildman–Crippen LogP) is 0.989. The average Bonchev–Trinajstić information content (AvgIpc) is 2.61. The van der Waals surface area contributed by atoms with Crippen molar-refractivity contribution in [1.82, 2.24) is 10.6 Å². The Balaban J connectivity index is 2.67. The number of benzene rings is 1. The van der Waals surface area contributed by atoms with Crippen molar-refractivity contribution in [2.45, 2.75) is 52.0 Å². The second kappa shape index (κ2) is 11.0. The van der Waals surface area contributed by atoms with Crippen LogP contribution in [0, 0.1) is 0 Å². The van der Waals surface area contributed by atoms with Gasteiger partial charge in [0.05, 0.1) is 6.10 Å². The number of primary amides is 1. The summed E-state index contributed by atoms with van der Waals surface area (Å²) in [5.41, 5.74) is 7.05. The van der Waals surface area contributed by atoms with E-state index >= 15 is 0 Å². The van der Waals surface area contributed by atoms with Gasteiger partial charge < -0.3 is 26.2 Å². The number of hydrogen-bond donors (Lipinski definition) is 4. The highest BCUT2D eigenvalue weighted by molar-refractivity contribution is 5.91. The molecule has 1 aromatic carbocycles. The summed E-state index contributed by atoms with van der Waals surface area (Å²) in [6, 6.07) is 6.78. The van der Waals surface area contributed by atoms with Crippen molar-refractivity contribution >= 4 is 17.9 Å². The average molecular weight is 377 g/mol. The molecule has 0 radical (unpaired) electrons. The van der Waals surface area contributed by atoms with Crippen molar-refractivity contribution < 1.29 is 24.2 Å². The third-order valence-corrected chi connectivity index (χ3v) is 3.67. The smallest absolute Gasteiger partial charge is 0.408 e. The Morgan fingerprint density at radius 3 is 2.33 bits per heavy atom. The van der Waals surface area contributed by atoms with Crippen LogP contribution in [0.2, 0.25) is 0 Å². The highest BCUT2D eigenvalue weighted by atomic mass is 16.5. The Kier molecular flexibility index (Phi) is 9.01.